The van der Waals surface area contributed by atoms with E-state index in [2.05, 4.69) is 13.8 Å². The quantitative estimate of drug-likeness (QED) is 0.473. The van der Waals surface area contributed by atoms with Gasteiger partial charge >= 0.3 is 5.97 Å². The van der Waals surface area contributed by atoms with Crippen LogP contribution in [0, 0.1) is 0 Å². The van der Waals surface area contributed by atoms with Crippen molar-refractivity contribution in [1.29, 1.82) is 0 Å². The maximum atomic E-state index is 12.9. The summed E-state index contributed by atoms with van der Waals surface area (Å²) < 4.78 is 7.31. The molecule has 0 saturated carbocycles. The predicted molar refractivity (Wildman–Crippen MR) is 122 cm³/mol. The van der Waals surface area contributed by atoms with E-state index < -0.39 is 12.1 Å². The highest BCUT2D eigenvalue weighted by Crippen LogP contribution is 2.18. The van der Waals surface area contributed by atoms with Crippen LogP contribution in [0.2, 0.25) is 0 Å². The highest BCUT2D eigenvalue weighted by molar-refractivity contribution is 6.08. The number of allylic oxidation sites excluding steroid dienone is 1. The molecule has 2 aromatic carbocycles. The Labute approximate surface area is 182 Å². The Morgan fingerprint density at radius 2 is 1.77 bits per heavy atom. The maximum Gasteiger partial charge on any atom is 0.344 e. The van der Waals surface area contributed by atoms with Crippen LogP contribution in [0.4, 0.5) is 0 Å². The van der Waals surface area contributed by atoms with Gasteiger partial charge in [0.1, 0.15) is 5.75 Å². The fraction of sp³-hybridized carbons (Fsp3) is 0.231. The Morgan fingerprint density at radius 3 is 2.45 bits per heavy atom. The zero-order valence-corrected chi connectivity index (χ0v) is 18.0. The molecule has 0 aliphatic heterocycles. The molecule has 0 radical (unpaired) electrons. The molecule has 3 aromatic rings. The van der Waals surface area contributed by atoms with Crippen molar-refractivity contribution in [2.45, 2.75) is 39.3 Å². The van der Waals surface area contributed by atoms with E-state index in [0.717, 1.165) is 5.56 Å². The van der Waals surface area contributed by atoms with E-state index in [-0.39, 0.29) is 5.78 Å². The van der Waals surface area contributed by atoms with Crippen LogP contribution in [-0.2, 0) is 11.3 Å². The minimum absolute atomic E-state index is 0.00763. The topological polar surface area (TPSA) is 68.5 Å². The van der Waals surface area contributed by atoms with Gasteiger partial charge < -0.3 is 14.4 Å². The second-order valence-electron chi connectivity index (χ2n) is 7.72. The van der Waals surface area contributed by atoms with Crippen LogP contribution >= 0.6 is 0 Å². The number of benzene rings is 2. The van der Waals surface area contributed by atoms with Gasteiger partial charge in [-0.3, -0.25) is 4.79 Å². The first-order chi connectivity index (χ1) is 14.8. The fourth-order valence-corrected chi connectivity index (χ4v) is 3.20. The van der Waals surface area contributed by atoms with Crippen LogP contribution in [0.1, 0.15) is 53.9 Å². The summed E-state index contributed by atoms with van der Waals surface area (Å²) in [4.78, 5) is 23.9. The van der Waals surface area contributed by atoms with Crippen molar-refractivity contribution in [3.63, 3.8) is 0 Å². The van der Waals surface area contributed by atoms with Gasteiger partial charge in [-0.05, 0) is 48.2 Å². The van der Waals surface area contributed by atoms with Crippen molar-refractivity contribution in [3.05, 3.63) is 95.3 Å². The van der Waals surface area contributed by atoms with E-state index >= 15 is 0 Å². The third-order valence-corrected chi connectivity index (χ3v) is 5.03. The molecule has 31 heavy (non-hydrogen) atoms. The number of nitrogens with zero attached hydrogens (tertiary/aromatic N) is 1. The van der Waals surface area contributed by atoms with Gasteiger partial charge in [-0.2, -0.15) is 0 Å². The molecule has 0 spiro atoms. The third-order valence-electron chi connectivity index (χ3n) is 5.03. The molecule has 0 amide bonds. The number of ketones is 1. The second kappa shape index (κ2) is 9.94. The van der Waals surface area contributed by atoms with Gasteiger partial charge in [0.25, 0.3) is 0 Å². The lowest BCUT2D eigenvalue weighted by Gasteiger charge is -2.10. The van der Waals surface area contributed by atoms with Crippen molar-refractivity contribution >= 4 is 17.8 Å². The van der Waals surface area contributed by atoms with E-state index in [1.54, 1.807) is 12.1 Å². The number of hydrogen-bond donors (Lipinski definition) is 1. The van der Waals surface area contributed by atoms with Crippen LogP contribution in [-0.4, -0.2) is 27.5 Å². The molecule has 1 unspecified atom stereocenters. The fourth-order valence-electron chi connectivity index (χ4n) is 3.20. The van der Waals surface area contributed by atoms with E-state index in [1.807, 2.05) is 71.4 Å². The first-order valence-electron chi connectivity index (χ1n) is 10.3. The predicted octanol–water partition coefficient (Wildman–Crippen LogP) is 5.41. The second-order valence-corrected chi connectivity index (χ2v) is 7.72. The Morgan fingerprint density at radius 1 is 1.03 bits per heavy atom. The van der Waals surface area contributed by atoms with Gasteiger partial charge in [0.05, 0.1) is 5.69 Å². The lowest BCUT2D eigenvalue weighted by Crippen LogP contribution is -2.22. The van der Waals surface area contributed by atoms with Gasteiger partial charge in [0, 0.05) is 18.3 Å². The van der Waals surface area contributed by atoms with Crippen LogP contribution in [0.15, 0.2) is 72.9 Å². The lowest BCUT2D eigenvalue weighted by molar-refractivity contribution is -0.144. The van der Waals surface area contributed by atoms with Crippen LogP contribution in [0.3, 0.4) is 0 Å². The van der Waals surface area contributed by atoms with Crippen molar-refractivity contribution in [2.75, 3.05) is 0 Å². The number of carbonyl (C=O) groups excluding carboxylic acids is 1. The van der Waals surface area contributed by atoms with Gasteiger partial charge in [0.15, 0.2) is 6.10 Å². The number of carboxylic acid groups (broad SMARTS) is 1. The smallest absolute Gasteiger partial charge is 0.344 e. The van der Waals surface area contributed by atoms with E-state index in [4.69, 9.17) is 9.84 Å². The van der Waals surface area contributed by atoms with Gasteiger partial charge in [0.2, 0.25) is 5.78 Å². The van der Waals surface area contributed by atoms with Gasteiger partial charge in [-0.15, -0.1) is 0 Å². The summed E-state index contributed by atoms with van der Waals surface area (Å²) >= 11 is 0. The first-order valence-corrected chi connectivity index (χ1v) is 10.3. The van der Waals surface area contributed by atoms with Crippen molar-refractivity contribution in [1.82, 2.24) is 4.57 Å². The third kappa shape index (κ3) is 5.72. The highest BCUT2D eigenvalue weighted by Gasteiger charge is 2.14. The average molecular weight is 418 g/mol. The zero-order chi connectivity index (χ0) is 22.4. The minimum Gasteiger partial charge on any atom is -0.479 e. The molecule has 160 valence electrons. The van der Waals surface area contributed by atoms with Crippen molar-refractivity contribution < 1.29 is 19.4 Å². The molecule has 0 aliphatic carbocycles. The average Bonchev–Trinajstić information content (AvgIpc) is 3.22. The standard InChI is InChI=1S/C26H27NO4/c1-18(2)21-11-13-22(14-12-21)25(28)24-10-6-16-27(24)15-5-8-20-7-4-9-23(17-20)31-19(3)26(29)30/h4-14,16-19H,15H2,1-3H3,(H,29,30). The summed E-state index contributed by atoms with van der Waals surface area (Å²) in [6, 6.07) is 18.7. The molecule has 0 saturated heterocycles. The first kappa shape index (κ1) is 22.1. The van der Waals surface area contributed by atoms with E-state index in [1.165, 1.54) is 12.5 Å². The summed E-state index contributed by atoms with van der Waals surface area (Å²) in [5.74, 6) is -0.0931. The number of aliphatic carboxylic acids is 1. The van der Waals surface area contributed by atoms with Crippen LogP contribution in [0.25, 0.3) is 6.08 Å². The number of ether oxygens (including phenoxy) is 1. The van der Waals surface area contributed by atoms with Crippen LogP contribution in [0.5, 0.6) is 5.75 Å². The molecule has 3 rings (SSSR count). The zero-order valence-electron chi connectivity index (χ0n) is 18.0. The summed E-state index contributed by atoms with van der Waals surface area (Å²) in [7, 11) is 0. The lowest BCUT2D eigenvalue weighted by atomic mass is 10.00. The van der Waals surface area contributed by atoms with Gasteiger partial charge in [-0.25, -0.2) is 4.79 Å². The summed E-state index contributed by atoms with van der Waals surface area (Å²) in [6.45, 7) is 6.28. The molecule has 1 heterocycles. The Hall–Kier alpha value is -3.60. The minimum atomic E-state index is -1.01. The Kier molecular flexibility index (Phi) is 7.08. The number of carboxylic acids is 1. The molecule has 1 N–H and O–H groups in total. The molecular formula is C26H27NO4. The number of rotatable bonds is 9. The van der Waals surface area contributed by atoms with Crippen molar-refractivity contribution in [3.8, 4) is 5.75 Å². The number of carbonyl (C=O) groups is 2. The molecule has 0 bridgehead atoms. The SMILES string of the molecule is CC(Oc1cccc(C=CCn2cccc2C(=O)c2ccc(C(C)C)cc2)c1)C(=O)O. The van der Waals surface area contributed by atoms with E-state index in [0.29, 0.717) is 29.5 Å². The monoisotopic (exact) mass is 417 g/mol. The molecular weight excluding hydrogens is 390 g/mol. The number of aromatic nitrogens is 1. The summed E-state index contributed by atoms with van der Waals surface area (Å²) in [5, 5.41) is 8.98. The maximum absolute atomic E-state index is 12.9. The normalized spacial score (nSPS) is 12.3. The van der Waals surface area contributed by atoms with E-state index in [9.17, 15) is 9.59 Å². The molecule has 1 atom stereocenters. The summed E-state index contributed by atoms with van der Waals surface area (Å²) in [6.07, 6.45) is 4.85. The molecule has 0 fully saturated rings. The number of hydrogen-bond acceptors (Lipinski definition) is 3. The highest BCUT2D eigenvalue weighted by atomic mass is 16.5. The van der Waals surface area contributed by atoms with Crippen molar-refractivity contribution in [2.24, 2.45) is 0 Å². The molecule has 1 aromatic heterocycles. The summed E-state index contributed by atoms with van der Waals surface area (Å²) in [5.41, 5.74) is 3.40. The van der Waals surface area contributed by atoms with Crippen LogP contribution < -0.4 is 4.74 Å². The largest absolute Gasteiger partial charge is 0.479 e. The Balaban J connectivity index is 1.69. The Bertz CT molecular complexity index is 1080. The van der Waals surface area contributed by atoms with Gasteiger partial charge in [-0.1, -0.05) is 62.4 Å². The molecule has 0 aliphatic rings. The molecule has 5 nitrogen and oxygen atoms in total. The molecule has 5 heteroatoms.